The van der Waals surface area contributed by atoms with Gasteiger partial charge in [-0.3, -0.25) is 9.69 Å². The molecule has 1 aromatic heterocycles. The van der Waals surface area contributed by atoms with Crippen molar-refractivity contribution in [1.29, 1.82) is 0 Å². The van der Waals surface area contributed by atoms with Gasteiger partial charge in [0.2, 0.25) is 0 Å². The summed E-state index contributed by atoms with van der Waals surface area (Å²) in [7, 11) is 0. The van der Waals surface area contributed by atoms with E-state index in [4.69, 9.17) is 16.3 Å². The Morgan fingerprint density at radius 3 is 2.68 bits per heavy atom. The fourth-order valence-corrected chi connectivity index (χ4v) is 2.71. The Kier molecular flexibility index (Phi) is 6.04. The first-order valence-electron chi connectivity index (χ1n) is 6.09. The average molecular weight is 302 g/mol. The Morgan fingerprint density at radius 1 is 1.53 bits per heavy atom. The van der Waals surface area contributed by atoms with Gasteiger partial charge in [0.05, 0.1) is 10.9 Å². The van der Waals surface area contributed by atoms with E-state index in [1.54, 1.807) is 6.08 Å². The van der Waals surface area contributed by atoms with Crippen molar-refractivity contribution in [2.24, 2.45) is 0 Å². The van der Waals surface area contributed by atoms with Crippen molar-refractivity contribution in [3.63, 3.8) is 0 Å². The van der Waals surface area contributed by atoms with Crippen LogP contribution in [-0.4, -0.2) is 29.6 Å². The molecule has 5 heteroatoms. The van der Waals surface area contributed by atoms with Gasteiger partial charge in [0.1, 0.15) is 5.60 Å². The Balaban J connectivity index is 2.57. The number of carbonyl (C=O) groups is 1. The summed E-state index contributed by atoms with van der Waals surface area (Å²) >= 11 is 7.42. The number of ether oxygens (including phenoxy) is 1. The van der Waals surface area contributed by atoms with E-state index in [2.05, 4.69) is 6.58 Å². The number of hydrogen-bond donors (Lipinski definition) is 0. The third kappa shape index (κ3) is 6.76. The van der Waals surface area contributed by atoms with E-state index < -0.39 is 5.60 Å². The van der Waals surface area contributed by atoms with Crippen LogP contribution >= 0.6 is 22.9 Å². The summed E-state index contributed by atoms with van der Waals surface area (Å²) in [6, 6.07) is 3.83. The zero-order chi connectivity index (χ0) is 14.5. The highest BCUT2D eigenvalue weighted by atomic mass is 35.5. The van der Waals surface area contributed by atoms with Gasteiger partial charge < -0.3 is 4.74 Å². The smallest absolute Gasteiger partial charge is 0.320 e. The number of thiophene rings is 1. The van der Waals surface area contributed by atoms with Crippen LogP contribution in [-0.2, 0) is 16.1 Å². The zero-order valence-electron chi connectivity index (χ0n) is 11.6. The second kappa shape index (κ2) is 7.08. The lowest BCUT2D eigenvalue weighted by molar-refractivity contribution is -0.156. The Labute approximate surface area is 123 Å². The second-order valence-corrected chi connectivity index (χ2v) is 7.05. The van der Waals surface area contributed by atoms with E-state index in [1.807, 2.05) is 37.8 Å². The van der Waals surface area contributed by atoms with E-state index in [-0.39, 0.29) is 12.5 Å². The lowest BCUT2D eigenvalue weighted by Gasteiger charge is -2.23. The van der Waals surface area contributed by atoms with E-state index >= 15 is 0 Å². The molecule has 0 N–H and O–H groups in total. The fourth-order valence-electron chi connectivity index (χ4n) is 1.58. The molecule has 0 aliphatic heterocycles. The minimum atomic E-state index is -0.455. The Bertz CT molecular complexity index is 437. The number of nitrogens with zero attached hydrogens (tertiary/aromatic N) is 1. The van der Waals surface area contributed by atoms with Crippen LogP contribution in [0.15, 0.2) is 24.8 Å². The quantitative estimate of drug-likeness (QED) is 0.592. The molecule has 0 saturated carbocycles. The molecule has 106 valence electrons. The van der Waals surface area contributed by atoms with Crippen LogP contribution in [0.4, 0.5) is 0 Å². The van der Waals surface area contributed by atoms with Crippen LogP contribution < -0.4 is 0 Å². The molecule has 0 unspecified atom stereocenters. The molecule has 0 amide bonds. The van der Waals surface area contributed by atoms with Gasteiger partial charge in [-0.05, 0) is 32.9 Å². The first kappa shape index (κ1) is 16.2. The molecule has 0 spiro atoms. The van der Waals surface area contributed by atoms with Crippen LogP contribution in [0.2, 0.25) is 4.34 Å². The molecule has 0 aromatic carbocycles. The monoisotopic (exact) mass is 301 g/mol. The molecule has 1 aromatic rings. The van der Waals surface area contributed by atoms with E-state index in [1.165, 1.54) is 11.3 Å². The number of halogens is 1. The number of esters is 1. The molecule has 1 heterocycles. The summed E-state index contributed by atoms with van der Waals surface area (Å²) in [5.41, 5.74) is -0.455. The van der Waals surface area contributed by atoms with Crippen molar-refractivity contribution in [1.82, 2.24) is 4.90 Å². The molecule has 0 bridgehead atoms. The third-order valence-electron chi connectivity index (χ3n) is 2.17. The number of hydrogen-bond acceptors (Lipinski definition) is 4. The first-order chi connectivity index (χ1) is 8.80. The van der Waals surface area contributed by atoms with Gasteiger partial charge in [-0.25, -0.2) is 0 Å². The van der Waals surface area contributed by atoms with Crippen LogP contribution in [0.3, 0.4) is 0 Å². The van der Waals surface area contributed by atoms with Crippen molar-refractivity contribution in [3.8, 4) is 0 Å². The van der Waals surface area contributed by atoms with Crippen molar-refractivity contribution in [3.05, 3.63) is 34.0 Å². The average Bonchev–Trinajstić information content (AvgIpc) is 2.61. The predicted octanol–water partition coefficient (Wildman–Crippen LogP) is 3.73. The van der Waals surface area contributed by atoms with Crippen LogP contribution in [0.1, 0.15) is 25.6 Å². The van der Waals surface area contributed by atoms with E-state index in [0.29, 0.717) is 13.1 Å². The molecule has 0 saturated heterocycles. The largest absolute Gasteiger partial charge is 0.459 e. The van der Waals surface area contributed by atoms with Gasteiger partial charge >= 0.3 is 5.97 Å². The highest BCUT2D eigenvalue weighted by Gasteiger charge is 2.19. The molecule has 0 radical (unpaired) electrons. The molecule has 0 fully saturated rings. The summed E-state index contributed by atoms with van der Waals surface area (Å²) in [4.78, 5) is 14.9. The summed E-state index contributed by atoms with van der Waals surface area (Å²) < 4.78 is 6.08. The zero-order valence-corrected chi connectivity index (χ0v) is 13.2. The van der Waals surface area contributed by atoms with Gasteiger partial charge in [0.25, 0.3) is 0 Å². The van der Waals surface area contributed by atoms with E-state index in [0.717, 1.165) is 9.21 Å². The summed E-state index contributed by atoms with van der Waals surface area (Å²) in [6.45, 7) is 10.9. The summed E-state index contributed by atoms with van der Waals surface area (Å²) in [5.74, 6) is -0.225. The maximum atomic E-state index is 11.8. The van der Waals surface area contributed by atoms with Gasteiger partial charge in [0.15, 0.2) is 0 Å². The lowest BCUT2D eigenvalue weighted by Crippen LogP contribution is -2.34. The number of rotatable bonds is 6. The minimum absolute atomic E-state index is 0.225. The Morgan fingerprint density at radius 2 is 2.21 bits per heavy atom. The van der Waals surface area contributed by atoms with Crippen LogP contribution in [0.25, 0.3) is 0 Å². The molecule has 0 aliphatic carbocycles. The normalized spacial score (nSPS) is 11.6. The lowest BCUT2D eigenvalue weighted by atomic mass is 10.2. The minimum Gasteiger partial charge on any atom is -0.459 e. The van der Waals surface area contributed by atoms with Crippen molar-refractivity contribution in [2.75, 3.05) is 13.1 Å². The van der Waals surface area contributed by atoms with Crippen LogP contribution in [0, 0.1) is 0 Å². The molecule has 3 nitrogen and oxygen atoms in total. The predicted molar refractivity (Wildman–Crippen MR) is 80.6 cm³/mol. The highest BCUT2D eigenvalue weighted by Crippen LogP contribution is 2.22. The van der Waals surface area contributed by atoms with E-state index in [9.17, 15) is 4.79 Å². The molecular formula is C14H20ClNO2S. The van der Waals surface area contributed by atoms with Crippen LogP contribution in [0.5, 0.6) is 0 Å². The van der Waals surface area contributed by atoms with Gasteiger partial charge in [-0.1, -0.05) is 17.7 Å². The van der Waals surface area contributed by atoms with Gasteiger partial charge in [-0.15, -0.1) is 17.9 Å². The Hall–Kier alpha value is -0.840. The van der Waals surface area contributed by atoms with Gasteiger partial charge in [-0.2, -0.15) is 0 Å². The molecule has 0 aliphatic rings. The number of carbonyl (C=O) groups excluding carboxylic acids is 1. The molecular weight excluding hydrogens is 282 g/mol. The standard InChI is InChI=1S/C14H20ClNO2S/c1-5-8-16(9-11-6-7-12(15)19-11)10-13(17)18-14(2,3)4/h5-7H,1,8-10H2,2-4H3. The maximum absolute atomic E-state index is 11.8. The maximum Gasteiger partial charge on any atom is 0.320 e. The fraction of sp³-hybridized carbons (Fsp3) is 0.500. The highest BCUT2D eigenvalue weighted by molar-refractivity contribution is 7.16. The second-order valence-electron chi connectivity index (χ2n) is 5.25. The third-order valence-corrected chi connectivity index (χ3v) is 3.38. The first-order valence-corrected chi connectivity index (χ1v) is 7.29. The summed E-state index contributed by atoms with van der Waals surface area (Å²) in [6.07, 6.45) is 1.78. The SMILES string of the molecule is C=CCN(CC(=O)OC(C)(C)C)Cc1ccc(Cl)s1. The summed E-state index contributed by atoms with van der Waals surface area (Å²) in [5, 5.41) is 0. The molecule has 0 atom stereocenters. The van der Waals surface area contributed by atoms with Gasteiger partial charge in [0, 0.05) is 18.0 Å². The molecule has 19 heavy (non-hydrogen) atoms. The van der Waals surface area contributed by atoms with Crippen molar-refractivity contribution < 1.29 is 9.53 Å². The topological polar surface area (TPSA) is 29.5 Å². The van der Waals surface area contributed by atoms with Crippen molar-refractivity contribution in [2.45, 2.75) is 32.9 Å². The molecule has 1 rings (SSSR count). The van der Waals surface area contributed by atoms with Crippen molar-refractivity contribution >= 4 is 28.9 Å².